The first-order valence-electron chi connectivity index (χ1n) is 8.83. The Hall–Kier alpha value is -2.38. The van der Waals surface area contributed by atoms with E-state index in [2.05, 4.69) is 27.6 Å². The summed E-state index contributed by atoms with van der Waals surface area (Å²) in [7, 11) is 1.96. The molecular formula is C17H26N6O2. The number of carbonyl (C=O) groups is 1. The summed E-state index contributed by atoms with van der Waals surface area (Å²) in [6, 6.07) is -0.0986. The van der Waals surface area contributed by atoms with Crippen molar-refractivity contribution >= 4 is 6.03 Å². The Morgan fingerprint density at radius 3 is 2.64 bits per heavy atom. The van der Waals surface area contributed by atoms with E-state index in [4.69, 9.17) is 4.52 Å². The molecule has 2 aromatic rings. The van der Waals surface area contributed by atoms with Crippen LogP contribution in [0.1, 0.15) is 61.0 Å². The van der Waals surface area contributed by atoms with E-state index in [9.17, 15) is 4.79 Å². The number of aryl methyl sites for hydroxylation is 3. The second-order valence-electron chi connectivity index (χ2n) is 6.71. The van der Waals surface area contributed by atoms with E-state index in [1.54, 1.807) is 6.33 Å². The summed E-state index contributed by atoms with van der Waals surface area (Å²) in [5.41, 5.74) is 1.83. The molecular weight excluding hydrogens is 320 g/mol. The number of hydrogen-bond acceptors (Lipinski definition) is 5. The zero-order valence-corrected chi connectivity index (χ0v) is 15.3. The molecule has 1 aliphatic heterocycles. The van der Waals surface area contributed by atoms with Crippen molar-refractivity contribution in [3.8, 4) is 0 Å². The van der Waals surface area contributed by atoms with Crippen LogP contribution in [0.3, 0.4) is 0 Å². The lowest BCUT2D eigenvalue weighted by Crippen LogP contribution is -2.45. The van der Waals surface area contributed by atoms with Gasteiger partial charge in [-0.1, -0.05) is 12.1 Å². The van der Waals surface area contributed by atoms with Gasteiger partial charge in [0, 0.05) is 31.6 Å². The van der Waals surface area contributed by atoms with Crippen molar-refractivity contribution in [1.29, 1.82) is 0 Å². The van der Waals surface area contributed by atoms with Crippen LogP contribution >= 0.6 is 0 Å². The topological polar surface area (TPSA) is 89.1 Å². The molecule has 2 aromatic heterocycles. The average molecular weight is 346 g/mol. The van der Waals surface area contributed by atoms with Gasteiger partial charge in [0.05, 0.1) is 11.7 Å². The number of piperidine rings is 1. The molecule has 0 aromatic carbocycles. The van der Waals surface area contributed by atoms with Crippen molar-refractivity contribution in [2.45, 2.75) is 52.0 Å². The van der Waals surface area contributed by atoms with Crippen molar-refractivity contribution in [3.05, 3.63) is 29.2 Å². The molecule has 0 aliphatic carbocycles. The van der Waals surface area contributed by atoms with Gasteiger partial charge >= 0.3 is 6.03 Å². The van der Waals surface area contributed by atoms with Crippen LogP contribution in [0.5, 0.6) is 0 Å². The number of aromatic nitrogens is 4. The van der Waals surface area contributed by atoms with Crippen LogP contribution in [0.15, 0.2) is 10.9 Å². The molecule has 1 unspecified atom stereocenters. The van der Waals surface area contributed by atoms with Crippen LogP contribution in [0, 0.1) is 13.8 Å². The molecule has 0 saturated carbocycles. The van der Waals surface area contributed by atoms with Gasteiger partial charge in [0.2, 0.25) is 0 Å². The van der Waals surface area contributed by atoms with E-state index in [-0.39, 0.29) is 12.1 Å². The van der Waals surface area contributed by atoms with Gasteiger partial charge < -0.3 is 19.3 Å². The summed E-state index contributed by atoms with van der Waals surface area (Å²) in [5.74, 6) is 2.13. The molecule has 1 aliphatic rings. The summed E-state index contributed by atoms with van der Waals surface area (Å²) in [5, 5.41) is 15.3. The molecule has 25 heavy (non-hydrogen) atoms. The molecule has 0 radical (unpaired) electrons. The van der Waals surface area contributed by atoms with Gasteiger partial charge in [0.15, 0.2) is 0 Å². The molecule has 8 heteroatoms. The minimum atomic E-state index is -0.0739. The third-order valence-corrected chi connectivity index (χ3v) is 5.04. The van der Waals surface area contributed by atoms with Gasteiger partial charge in [-0.25, -0.2) is 4.79 Å². The first kappa shape index (κ1) is 17.4. The maximum atomic E-state index is 12.7. The molecule has 2 amide bonds. The Labute approximate surface area is 147 Å². The lowest BCUT2D eigenvalue weighted by atomic mass is 9.96. The standard InChI is InChI=1S/C17H26N6O2/c1-5-14(15-11(2)21-25-12(15)3)19-17(24)23-8-6-13(7-9-23)16-20-18-10-22(16)4/h10,13-14H,5-9H2,1-4H3,(H,19,24). The van der Waals surface area contributed by atoms with Crippen LogP contribution in [0.2, 0.25) is 0 Å². The van der Waals surface area contributed by atoms with Crippen LogP contribution in [0.25, 0.3) is 0 Å². The van der Waals surface area contributed by atoms with Crippen LogP contribution in [-0.2, 0) is 7.05 Å². The van der Waals surface area contributed by atoms with Crippen LogP contribution in [-0.4, -0.2) is 43.9 Å². The number of rotatable bonds is 4. The van der Waals surface area contributed by atoms with Crippen molar-refractivity contribution in [2.24, 2.45) is 7.05 Å². The third-order valence-electron chi connectivity index (χ3n) is 5.04. The molecule has 1 fully saturated rings. The van der Waals surface area contributed by atoms with Crippen molar-refractivity contribution < 1.29 is 9.32 Å². The van der Waals surface area contributed by atoms with Gasteiger partial charge in [0.25, 0.3) is 0 Å². The molecule has 1 saturated heterocycles. The Morgan fingerprint density at radius 2 is 2.12 bits per heavy atom. The fraction of sp³-hybridized carbons (Fsp3) is 0.647. The van der Waals surface area contributed by atoms with Gasteiger partial charge in [-0.3, -0.25) is 0 Å². The average Bonchev–Trinajstić information content (AvgIpc) is 3.18. The highest BCUT2D eigenvalue weighted by molar-refractivity contribution is 5.75. The van der Waals surface area contributed by atoms with E-state index in [0.29, 0.717) is 5.92 Å². The number of urea groups is 1. The Bertz CT molecular complexity index is 710. The summed E-state index contributed by atoms with van der Waals surface area (Å²) < 4.78 is 7.20. The Balaban J connectivity index is 1.60. The van der Waals surface area contributed by atoms with Gasteiger partial charge in [0.1, 0.15) is 17.9 Å². The molecule has 8 nitrogen and oxygen atoms in total. The zero-order valence-electron chi connectivity index (χ0n) is 15.3. The third kappa shape index (κ3) is 3.52. The number of carbonyl (C=O) groups excluding carboxylic acids is 1. The Kier molecular flexibility index (Phi) is 5.06. The van der Waals surface area contributed by atoms with Crippen molar-refractivity contribution in [2.75, 3.05) is 13.1 Å². The number of nitrogens with zero attached hydrogens (tertiary/aromatic N) is 5. The van der Waals surface area contributed by atoms with E-state index >= 15 is 0 Å². The number of likely N-dealkylation sites (tertiary alicyclic amines) is 1. The highest BCUT2D eigenvalue weighted by atomic mass is 16.5. The van der Waals surface area contributed by atoms with E-state index in [1.807, 2.05) is 30.4 Å². The van der Waals surface area contributed by atoms with Gasteiger partial charge in [-0.05, 0) is 33.1 Å². The predicted molar refractivity (Wildman–Crippen MR) is 92.1 cm³/mol. The van der Waals surface area contributed by atoms with Crippen LogP contribution < -0.4 is 5.32 Å². The second-order valence-corrected chi connectivity index (χ2v) is 6.71. The Morgan fingerprint density at radius 1 is 1.40 bits per heavy atom. The number of amides is 2. The maximum absolute atomic E-state index is 12.7. The normalized spacial score (nSPS) is 16.9. The van der Waals surface area contributed by atoms with Crippen LogP contribution in [0.4, 0.5) is 4.79 Å². The highest BCUT2D eigenvalue weighted by Gasteiger charge is 2.28. The van der Waals surface area contributed by atoms with E-state index in [1.165, 1.54) is 0 Å². The number of nitrogens with one attached hydrogen (secondary N) is 1. The lowest BCUT2D eigenvalue weighted by Gasteiger charge is -2.32. The zero-order chi connectivity index (χ0) is 18.0. The minimum absolute atomic E-state index is 0.0248. The summed E-state index contributed by atoms with van der Waals surface area (Å²) in [4.78, 5) is 14.6. The minimum Gasteiger partial charge on any atom is -0.361 e. The smallest absolute Gasteiger partial charge is 0.317 e. The molecule has 3 heterocycles. The molecule has 1 atom stereocenters. The summed E-state index contributed by atoms with van der Waals surface area (Å²) >= 11 is 0. The fourth-order valence-electron chi connectivity index (χ4n) is 3.61. The van der Waals surface area contributed by atoms with Crippen molar-refractivity contribution in [1.82, 2.24) is 30.1 Å². The largest absolute Gasteiger partial charge is 0.361 e. The van der Waals surface area contributed by atoms with Gasteiger partial charge in [-0.15, -0.1) is 10.2 Å². The fourth-order valence-corrected chi connectivity index (χ4v) is 3.61. The quantitative estimate of drug-likeness (QED) is 0.918. The molecule has 136 valence electrons. The molecule has 3 rings (SSSR count). The molecule has 0 spiro atoms. The first-order chi connectivity index (χ1) is 12.0. The first-order valence-corrected chi connectivity index (χ1v) is 8.83. The molecule has 1 N–H and O–H groups in total. The monoisotopic (exact) mass is 346 g/mol. The summed E-state index contributed by atoms with van der Waals surface area (Å²) in [6.45, 7) is 7.30. The number of hydrogen-bond donors (Lipinski definition) is 1. The summed E-state index contributed by atoms with van der Waals surface area (Å²) in [6.07, 6.45) is 4.33. The maximum Gasteiger partial charge on any atom is 0.317 e. The second kappa shape index (κ2) is 7.25. The molecule has 0 bridgehead atoms. The van der Waals surface area contributed by atoms with Crippen molar-refractivity contribution in [3.63, 3.8) is 0 Å². The SMILES string of the molecule is CCC(NC(=O)N1CCC(c2nncn2C)CC1)c1c(C)noc1C. The van der Waals surface area contributed by atoms with E-state index < -0.39 is 0 Å². The highest BCUT2D eigenvalue weighted by Crippen LogP contribution is 2.27. The van der Waals surface area contributed by atoms with Gasteiger partial charge in [-0.2, -0.15) is 0 Å². The lowest BCUT2D eigenvalue weighted by molar-refractivity contribution is 0.176. The predicted octanol–water partition coefficient (Wildman–Crippen LogP) is 2.46. The van der Waals surface area contributed by atoms with E-state index in [0.717, 1.165) is 55.2 Å².